The van der Waals surface area contributed by atoms with Gasteiger partial charge in [0, 0.05) is 28.8 Å². The Morgan fingerprint density at radius 2 is 2.11 bits per heavy atom. The maximum atomic E-state index is 4.78. The minimum absolute atomic E-state index is 0.548. The largest absolute Gasteiger partial charge is 0.314 e. The lowest BCUT2D eigenvalue weighted by atomic mass is 9.86. The summed E-state index contributed by atoms with van der Waals surface area (Å²) < 4.78 is 4.78. The van der Waals surface area contributed by atoms with Gasteiger partial charge in [-0.25, -0.2) is 0 Å². The molecule has 2 nitrogen and oxygen atoms in total. The second kappa shape index (κ2) is 3.89. The summed E-state index contributed by atoms with van der Waals surface area (Å²) in [5.74, 6) is 2.92. The zero-order chi connectivity index (χ0) is 13.1. The van der Waals surface area contributed by atoms with Crippen molar-refractivity contribution in [3.05, 3.63) is 47.2 Å². The summed E-state index contributed by atoms with van der Waals surface area (Å²) in [5.41, 5.74) is 5.37. The monoisotopic (exact) mass is 270 g/mol. The number of hydrogen-bond donors (Lipinski definition) is 0. The van der Waals surface area contributed by atoms with E-state index in [9.17, 15) is 0 Å². The first kappa shape index (κ1) is 11.6. The molecule has 3 heteroatoms. The zero-order valence-corrected chi connectivity index (χ0v) is 12.2. The van der Waals surface area contributed by atoms with Gasteiger partial charge in [0.1, 0.15) is 11.2 Å². The van der Waals surface area contributed by atoms with E-state index >= 15 is 0 Å². The molecule has 4 rings (SSSR count). The highest BCUT2D eigenvalue weighted by atomic mass is 32.2. The molecular formula is C16H18N2S. The summed E-state index contributed by atoms with van der Waals surface area (Å²) >= 11 is 1.77. The van der Waals surface area contributed by atoms with Gasteiger partial charge in [-0.1, -0.05) is 24.8 Å². The second-order valence-corrected chi connectivity index (χ2v) is 6.49. The van der Waals surface area contributed by atoms with E-state index < -0.39 is 0 Å². The van der Waals surface area contributed by atoms with E-state index in [1.54, 1.807) is 11.9 Å². The molecule has 3 atom stereocenters. The third-order valence-corrected chi connectivity index (χ3v) is 5.79. The Labute approximate surface area is 118 Å². The first-order valence-corrected chi connectivity index (χ1v) is 7.86. The van der Waals surface area contributed by atoms with Crippen LogP contribution in [-0.4, -0.2) is 16.1 Å². The highest BCUT2D eigenvalue weighted by Gasteiger charge is 2.56. The van der Waals surface area contributed by atoms with Crippen molar-refractivity contribution < 1.29 is 0 Å². The van der Waals surface area contributed by atoms with Crippen LogP contribution in [-0.2, 0) is 0 Å². The molecule has 1 saturated carbocycles. The van der Waals surface area contributed by atoms with E-state index in [2.05, 4.69) is 37.5 Å². The lowest BCUT2D eigenvalue weighted by molar-refractivity contribution is 0.367. The fourth-order valence-corrected chi connectivity index (χ4v) is 4.94. The third kappa shape index (κ3) is 1.37. The molecule has 3 heterocycles. The molecule has 0 bridgehead atoms. The number of fused-ring (bicyclic) bond motifs is 2. The Bertz CT molecular complexity index is 594. The predicted octanol–water partition coefficient (Wildman–Crippen LogP) is 4.06. The van der Waals surface area contributed by atoms with Gasteiger partial charge in [0.2, 0.25) is 0 Å². The lowest BCUT2D eigenvalue weighted by Crippen LogP contribution is -2.42. The van der Waals surface area contributed by atoms with Crippen molar-refractivity contribution in [3.8, 4) is 0 Å². The minimum atomic E-state index is 0.548. The predicted molar refractivity (Wildman–Crippen MR) is 81.6 cm³/mol. The molecule has 4 aliphatic rings. The van der Waals surface area contributed by atoms with Crippen LogP contribution in [0.15, 0.2) is 51.6 Å². The molecule has 0 N–H and O–H groups in total. The Morgan fingerprint density at radius 1 is 1.32 bits per heavy atom. The first-order valence-electron chi connectivity index (χ1n) is 7.02. The molecule has 3 unspecified atom stereocenters. The van der Waals surface area contributed by atoms with Crippen LogP contribution in [0, 0.1) is 11.8 Å². The van der Waals surface area contributed by atoms with E-state index in [1.165, 1.54) is 41.1 Å². The van der Waals surface area contributed by atoms with Crippen molar-refractivity contribution in [2.24, 2.45) is 16.2 Å². The fourth-order valence-electron chi connectivity index (χ4n) is 3.73. The number of allylic oxidation sites excluding steroid dienone is 5. The molecule has 3 aliphatic heterocycles. The van der Waals surface area contributed by atoms with Crippen molar-refractivity contribution in [1.29, 1.82) is 0 Å². The van der Waals surface area contributed by atoms with E-state index in [0.717, 1.165) is 11.8 Å². The molecule has 0 spiro atoms. The number of rotatable bonds is 1. The number of nitrogens with zero attached hydrogens (tertiary/aromatic N) is 2. The summed E-state index contributed by atoms with van der Waals surface area (Å²) in [6, 6.07) is 0. The van der Waals surface area contributed by atoms with Crippen LogP contribution >= 0.6 is 11.9 Å². The zero-order valence-electron chi connectivity index (χ0n) is 11.4. The molecule has 1 saturated heterocycles. The third-order valence-electron chi connectivity index (χ3n) is 4.73. The van der Waals surface area contributed by atoms with Gasteiger partial charge < -0.3 is 4.90 Å². The topological polar surface area (TPSA) is 15.6 Å². The highest BCUT2D eigenvalue weighted by Crippen LogP contribution is 2.60. The maximum Gasteiger partial charge on any atom is 0.149 e. The van der Waals surface area contributed by atoms with Crippen LogP contribution in [0.1, 0.15) is 26.7 Å². The van der Waals surface area contributed by atoms with E-state index in [0.29, 0.717) is 5.37 Å². The van der Waals surface area contributed by atoms with Gasteiger partial charge in [-0.3, -0.25) is 0 Å². The quantitative estimate of drug-likeness (QED) is 0.668. The molecule has 0 aromatic rings. The van der Waals surface area contributed by atoms with Gasteiger partial charge in [0.25, 0.3) is 0 Å². The number of piperidine rings is 1. The normalized spacial score (nSPS) is 39.4. The maximum absolute atomic E-state index is 4.78. The molecule has 0 radical (unpaired) electrons. The molecule has 0 aromatic carbocycles. The van der Waals surface area contributed by atoms with Crippen LogP contribution < -0.4 is 0 Å². The van der Waals surface area contributed by atoms with Crippen LogP contribution in [0.4, 0.5) is 0 Å². The Morgan fingerprint density at radius 3 is 2.79 bits per heavy atom. The molecule has 1 aliphatic carbocycles. The smallest absolute Gasteiger partial charge is 0.149 e. The Balaban J connectivity index is 1.96. The highest BCUT2D eigenvalue weighted by molar-refractivity contribution is 7.99. The van der Waals surface area contributed by atoms with Crippen LogP contribution in [0.25, 0.3) is 0 Å². The lowest BCUT2D eigenvalue weighted by Gasteiger charge is -2.39. The van der Waals surface area contributed by atoms with Crippen molar-refractivity contribution in [3.63, 3.8) is 0 Å². The standard InChI is InChI=1S/C16H18N2S/c1-4-10-11(5-2)14-8-9-7-13(9)16-18(14)15(17-19-16)12(10)6-3/h4-6,9,13,16H,2,7-8H2,1,3H3/b10-4-,12-6+. The van der Waals surface area contributed by atoms with Crippen LogP contribution in [0.5, 0.6) is 0 Å². The van der Waals surface area contributed by atoms with Gasteiger partial charge in [-0.05, 0) is 44.1 Å². The van der Waals surface area contributed by atoms with Crippen molar-refractivity contribution in [2.75, 3.05) is 0 Å². The summed E-state index contributed by atoms with van der Waals surface area (Å²) in [4.78, 5) is 2.50. The summed E-state index contributed by atoms with van der Waals surface area (Å²) in [6.07, 6.45) is 9.01. The molecular weight excluding hydrogens is 252 g/mol. The van der Waals surface area contributed by atoms with Crippen LogP contribution in [0.2, 0.25) is 0 Å². The number of amidine groups is 1. The Hall–Kier alpha value is -1.22. The van der Waals surface area contributed by atoms with Crippen molar-refractivity contribution in [1.82, 2.24) is 4.90 Å². The Kier molecular flexibility index (Phi) is 2.37. The fraction of sp³-hybridized carbons (Fsp3) is 0.438. The van der Waals surface area contributed by atoms with Gasteiger partial charge in [-0.2, -0.15) is 4.40 Å². The SMILES string of the molecule is C=CC1=C2CC3CC3C3SN=C(C(=C/C)/C1=C\C)N23. The van der Waals surface area contributed by atoms with E-state index in [4.69, 9.17) is 4.40 Å². The summed E-state index contributed by atoms with van der Waals surface area (Å²) in [7, 11) is 0. The van der Waals surface area contributed by atoms with Gasteiger partial charge in [0.05, 0.1) is 0 Å². The van der Waals surface area contributed by atoms with E-state index in [-0.39, 0.29) is 0 Å². The average Bonchev–Trinajstić information content (AvgIpc) is 3.09. The molecule has 0 aromatic heterocycles. The molecule has 98 valence electrons. The minimum Gasteiger partial charge on any atom is -0.314 e. The average molecular weight is 270 g/mol. The van der Waals surface area contributed by atoms with Crippen LogP contribution in [0.3, 0.4) is 0 Å². The summed E-state index contributed by atoms with van der Waals surface area (Å²) in [6.45, 7) is 8.27. The van der Waals surface area contributed by atoms with Gasteiger partial charge >= 0.3 is 0 Å². The van der Waals surface area contributed by atoms with Crippen molar-refractivity contribution >= 4 is 17.8 Å². The number of hydrogen-bond acceptors (Lipinski definition) is 3. The van der Waals surface area contributed by atoms with E-state index in [1.807, 2.05) is 6.08 Å². The summed E-state index contributed by atoms with van der Waals surface area (Å²) in [5, 5.41) is 0.548. The molecule has 2 fully saturated rings. The second-order valence-electron chi connectivity index (χ2n) is 5.61. The molecule has 19 heavy (non-hydrogen) atoms. The first-order chi connectivity index (χ1) is 9.30. The van der Waals surface area contributed by atoms with Crippen molar-refractivity contribution in [2.45, 2.75) is 32.1 Å². The molecule has 0 amide bonds. The van der Waals surface area contributed by atoms with Gasteiger partial charge in [0.15, 0.2) is 0 Å². The van der Waals surface area contributed by atoms with Gasteiger partial charge in [-0.15, -0.1) is 0 Å².